The normalized spacial score (nSPS) is 10.3. The molecular weight excluding hydrogens is 364 g/mol. The van der Waals surface area contributed by atoms with Crippen molar-refractivity contribution >= 4 is 23.4 Å². The molecule has 0 atom stereocenters. The van der Waals surface area contributed by atoms with Gasteiger partial charge in [-0.2, -0.15) is 0 Å². The summed E-state index contributed by atoms with van der Waals surface area (Å²) in [4.78, 5) is 25.7. The minimum atomic E-state index is -0.0985. The van der Waals surface area contributed by atoms with E-state index in [1.54, 1.807) is 12.0 Å². The summed E-state index contributed by atoms with van der Waals surface area (Å²) >= 11 is 5.89. The molecule has 0 unspecified atom stereocenters. The maximum atomic E-state index is 12.2. The van der Waals surface area contributed by atoms with Gasteiger partial charge in [-0.3, -0.25) is 9.59 Å². The Morgan fingerprint density at radius 1 is 1.07 bits per heavy atom. The van der Waals surface area contributed by atoms with Crippen LogP contribution >= 0.6 is 11.6 Å². The van der Waals surface area contributed by atoms with Gasteiger partial charge in [-0.1, -0.05) is 41.9 Å². The number of carbonyl (C=O) groups excluding carboxylic acids is 2. The van der Waals surface area contributed by atoms with Gasteiger partial charge < -0.3 is 15.0 Å². The molecular formula is C21H25ClN2O3. The Morgan fingerprint density at radius 2 is 1.78 bits per heavy atom. The molecule has 0 bridgehead atoms. The van der Waals surface area contributed by atoms with Crippen molar-refractivity contribution in [2.24, 2.45) is 0 Å². The van der Waals surface area contributed by atoms with Crippen LogP contribution in [0.5, 0.6) is 5.75 Å². The number of para-hydroxylation sites is 1. The monoisotopic (exact) mass is 388 g/mol. The number of carbonyl (C=O) groups is 2. The summed E-state index contributed by atoms with van der Waals surface area (Å²) in [7, 11) is 1.60. The van der Waals surface area contributed by atoms with E-state index < -0.39 is 0 Å². The zero-order valence-electron chi connectivity index (χ0n) is 15.7. The van der Waals surface area contributed by atoms with Crippen LogP contribution in [0.4, 0.5) is 0 Å². The summed E-state index contributed by atoms with van der Waals surface area (Å²) in [5, 5.41) is 3.57. The first-order chi connectivity index (χ1) is 13.0. The zero-order chi connectivity index (χ0) is 19.6. The van der Waals surface area contributed by atoms with Crippen LogP contribution in [0.25, 0.3) is 0 Å². The van der Waals surface area contributed by atoms with E-state index in [1.807, 2.05) is 48.5 Å². The summed E-state index contributed by atoms with van der Waals surface area (Å²) in [5.74, 6) is 0.603. The molecule has 0 heterocycles. The lowest BCUT2D eigenvalue weighted by atomic mass is 10.1. The van der Waals surface area contributed by atoms with Gasteiger partial charge >= 0.3 is 0 Å². The predicted molar refractivity (Wildman–Crippen MR) is 107 cm³/mol. The topological polar surface area (TPSA) is 58.6 Å². The van der Waals surface area contributed by atoms with Crippen molar-refractivity contribution in [1.82, 2.24) is 10.2 Å². The van der Waals surface area contributed by atoms with Crippen molar-refractivity contribution in [3.8, 4) is 5.75 Å². The highest BCUT2D eigenvalue weighted by atomic mass is 35.5. The minimum absolute atomic E-state index is 0.0403. The van der Waals surface area contributed by atoms with Crippen molar-refractivity contribution in [1.29, 1.82) is 0 Å². The summed E-state index contributed by atoms with van der Waals surface area (Å²) in [5.41, 5.74) is 2.02. The van der Waals surface area contributed by atoms with Crippen molar-refractivity contribution in [3.63, 3.8) is 0 Å². The van der Waals surface area contributed by atoms with Gasteiger partial charge in [0.2, 0.25) is 11.8 Å². The Labute approximate surface area is 165 Å². The van der Waals surface area contributed by atoms with Crippen LogP contribution in [-0.2, 0) is 22.6 Å². The van der Waals surface area contributed by atoms with Gasteiger partial charge in [0.1, 0.15) is 5.75 Å². The van der Waals surface area contributed by atoms with E-state index in [2.05, 4.69) is 5.32 Å². The van der Waals surface area contributed by atoms with E-state index in [4.69, 9.17) is 16.3 Å². The lowest BCUT2D eigenvalue weighted by Crippen LogP contribution is -2.35. The van der Waals surface area contributed by atoms with Crippen LogP contribution in [-0.4, -0.2) is 36.9 Å². The molecule has 0 aliphatic heterocycles. The lowest BCUT2D eigenvalue weighted by Gasteiger charge is -2.21. The smallest absolute Gasteiger partial charge is 0.222 e. The van der Waals surface area contributed by atoms with Gasteiger partial charge in [-0.05, 0) is 30.2 Å². The second-order valence-corrected chi connectivity index (χ2v) is 6.66. The number of hydrogen-bond acceptors (Lipinski definition) is 3. The second-order valence-electron chi connectivity index (χ2n) is 6.22. The van der Waals surface area contributed by atoms with E-state index in [9.17, 15) is 9.59 Å². The molecule has 1 N–H and O–H groups in total. The van der Waals surface area contributed by atoms with Crippen molar-refractivity contribution in [2.45, 2.75) is 26.3 Å². The van der Waals surface area contributed by atoms with E-state index >= 15 is 0 Å². The minimum Gasteiger partial charge on any atom is -0.496 e. The molecule has 0 aliphatic rings. The van der Waals surface area contributed by atoms with E-state index in [0.29, 0.717) is 24.7 Å². The molecule has 2 amide bonds. The highest BCUT2D eigenvalue weighted by Crippen LogP contribution is 2.16. The number of hydrogen-bond donors (Lipinski definition) is 1. The maximum Gasteiger partial charge on any atom is 0.222 e. The Kier molecular flexibility index (Phi) is 8.14. The Balaban J connectivity index is 1.79. The summed E-state index contributed by atoms with van der Waals surface area (Å²) in [6.07, 6.45) is 0.981. The molecule has 0 aliphatic carbocycles. The fraction of sp³-hybridized carbons (Fsp3) is 0.333. The molecule has 0 saturated heterocycles. The average molecular weight is 389 g/mol. The van der Waals surface area contributed by atoms with Gasteiger partial charge in [0, 0.05) is 43.6 Å². The van der Waals surface area contributed by atoms with Crippen molar-refractivity contribution in [3.05, 3.63) is 64.7 Å². The number of methoxy groups -OCH3 is 1. The highest BCUT2D eigenvalue weighted by Gasteiger charge is 2.12. The molecule has 27 heavy (non-hydrogen) atoms. The number of halogens is 1. The third kappa shape index (κ3) is 6.94. The fourth-order valence-electron chi connectivity index (χ4n) is 2.71. The first kappa shape index (κ1) is 20.8. The van der Waals surface area contributed by atoms with Crippen LogP contribution in [0.3, 0.4) is 0 Å². The lowest BCUT2D eigenvalue weighted by molar-refractivity contribution is -0.129. The molecule has 0 radical (unpaired) electrons. The largest absolute Gasteiger partial charge is 0.496 e. The number of ether oxygens (including phenoxy) is 1. The number of nitrogens with zero attached hydrogens (tertiary/aromatic N) is 1. The van der Waals surface area contributed by atoms with Crippen molar-refractivity contribution in [2.75, 3.05) is 20.2 Å². The summed E-state index contributed by atoms with van der Waals surface area (Å²) in [6, 6.07) is 15.1. The van der Waals surface area contributed by atoms with Crippen molar-refractivity contribution < 1.29 is 14.3 Å². The third-order valence-electron chi connectivity index (χ3n) is 4.31. The Bertz CT molecular complexity index is 762. The number of nitrogens with one attached hydrogen (secondary N) is 1. The molecule has 6 heteroatoms. The molecule has 2 aromatic carbocycles. The predicted octanol–water partition coefficient (Wildman–Crippen LogP) is 3.45. The molecule has 0 fully saturated rings. The average Bonchev–Trinajstić information content (AvgIpc) is 2.67. The molecule has 2 rings (SSSR count). The van der Waals surface area contributed by atoms with Crippen LogP contribution in [0, 0.1) is 0 Å². The quantitative estimate of drug-likeness (QED) is 0.715. The molecule has 0 aromatic heterocycles. The SMILES string of the molecule is COc1ccccc1CNC(=O)CCN(CCc1ccc(Cl)cc1)C(C)=O. The Morgan fingerprint density at radius 3 is 2.44 bits per heavy atom. The highest BCUT2D eigenvalue weighted by molar-refractivity contribution is 6.30. The summed E-state index contributed by atoms with van der Waals surface area (Å²) in [6.45, 7) is 2.87. The molecule has 144 valence electrons. The van der Waals surface area contributed by atoms with Gasteiger partial charge in [-0.25, -0.2) is 0 Å². The third-order valence-corrected chi connectivity index (χ3v) is 4.56. The molecule has 2 aromatic rings. The van der Waals surface area contributed by atoms with E-state index in [1.165, 1.54) is 6.92 Å². The van der Waals surface area contributed by atoms with Crippen LogP contribution in [0.2, 0.25) is 5.02 Å². The molecule has 0 spiro atoms. The molecule has 5 nitrogen and oxygen atoms in total. The van der Waals surface area contributed by atoms with E-state index in [-0.39, 0.29) is 18.2 Å². The zero-order valence-corrected chi connectivity index (χ0v) is 16.5. The maximum absolute atomic E-state index is 12.2. The number of rotatable bonds is 9. The standard InChI is InChI=1S/C21H25ClN2O3/c1-16(25)24(13-11-17-7-9-19(22)10-8-17)14-12-21(26)23-15-18-5-3-4-6-20(18)27-2/h3-10H,11-15H2,1-2H3,(H,23,26). The second kappa shape index (κ2) is 10.6. The first-order valence-electron chi connectivity index (χ1n) is 8.88. The van der Waals surface area contributed by atoms with Gasteiger partial charge in [-0.15, -0.1) is 0 Å². The van der Waals surface area contributed by atoms with Crippen LogP contribution in [0.15, 0.2) is 48.5 Å². The number of amides is 2. The van der Waals surface area contributed by atoms with Gasteiger partial charge in [0.25, 0.3) is 0 Å². The van der Waals surface area contributed by atoms with E-state index in [0.717, 1.165) is 23.3 Å². The fourth-order valence-corrected chi connectivity index (χ4v) is 2.84. The van der Waals surface area contributed by atoms with Gasteiger partial charge in [0.15, 0.2) is 0 Å². The number of benzene rings is 2. The summed E-state index contributed by atoms with van der Waals surface area (Å²) < 4.78 is 5.28. The molecule has 0 saturated carbocycles. The first-order valence-corrected chi connectivity index (χ1v) is 9.26. The van der Waals surface area contributed by atoms with Crippen LogP contribution < -0.4 is 10.1 Å². The Hall–Kier alpha value is -2.53. The van der Waals surface area contributed by atoms with Gasteiger partial charge in [0.05, 0.1) is 7.11 Å². The van der Waals surface area contributed by atoms with Crippen LogP contribution in [0.1, 0.15) is 24.5 Å².